The number of unbranched alkanes of at least 4 members (excludes halogenated alkanes) is 7. The van der Waals surface area contributed by atoms with Crippen LogP contribution in [0.2, 0.25) is 0 Å². The van der Waals surface area contributed by atoms with Crippen molar-refractivity contribution in [1.29, 1.82) is 0 Å². The van der Waals surface area contributed by atoms with Crippen molar-refractivity contribution in [2.45, 2.75) is 70.9 Å². The summed E-state index contributed by atoms with van der Waals surface area (Å²) in [6.45, 7) is 2.08. The van der Waals surface area contributed by atoms with Crippen LogP contribution in [0, 0.1) is 0 Å². The molecule has 1 aromatic rings. The molecule has 0 aromatic heterocycles. The molecule has 2 rings (SSSR count). The minimum atomic E-state index is -1.13. The van der Waals surface area contributed by atoms with Gasteiger partial charge in [-0.15, -0.1) is 0 Å². The van der Waals surface area contributed by atoms with E-state index in [1.54, 1.807) is 24.3 Å². The van der Waals surface area contributed by atoms with Crippen LogP contribution in [0.5, 0.6) is 0 Å². The van der Waals surface area contributed by atoms with Crippen molar-refractivity contribution in [3.8, 4) is 0 Å². The van der Waals surface area contributed by atoms with Gasteiger partial charge in [0.25, 0.3) is 11.8 Å². The fourth-order valence-electron chi connectivity index (χ4n) is 3.19. The lowest BCUT2D eigenvalue weighted by atomic mass is 10.1. The normalized spacial score (nSPS) is 15.0. The van der Waals surface area contributed by atoms with Gasteiger partial charge in [0.2, 0.25) is 0 Å². The third-order valence-corrected chi connectivity index (χ3v) is 4.63. The summed E-state index contributed by atoms with van der Waals surface area (Å²) in [6.07, 6.45) is 8.60. The fraction of sp³-hybridized carbons (Fsp3) is 0.600. The summed E-state index contributed by atoms with van der Waals surface area (Å²) in [7, 11) is 0. The van der Waals surface area contributed by atoms with Gasteiger partial charge in [-0.1, -0.05) is 70.4 Å². The molecule has 0 spiro atoms. The molecule has 0 saturated heterocycles. The second kappa shape index (κ2) is 9.55. The van der Waals surface area contributed by atoms with Crippen LogP contribution < -0.4 is 0 Å². The number of benzene rings is 1. The molecule has 0 N–H and O–H groups in total. The molecule has 0 aliphatic carbocycles. The number of alkyl halides is 1. The largest absolute Gasteiger partial charge is 0.271 e. The van der Waals surface area contributed by atoms with Crippen LogP contribution in [0.25, 0.3) is 0 Å². The van der Waals surface area contributed by atoms with Gasteiger partial charge in [0.1, 0.15) is 6.17 Å². The van der Waals surface area contributed by atoms with Gasteiger partial charge in [-0.2, -0.15) is 0 Å². The highest BCUT2D eigenvalue weighted by Crippen LogP contribution is 2.23. The lowest BCUT2D eigenvalue weighted by Gasteiger charge is -2.16. The quantitative estimate of drug-likeness (QED) is 0.415. The first-order valence-electron chi connectivity index (χ1n) is 9.24. The topological polar surface area (TPSA) is 37.4 Å². The molecule has 132 valence electrons. The lowest BCUT2D eigenvalue weighted by Crippen LogP contribution is -2.35. The van der Waals surface area contributed by atoms with Crippen LogP contribution in [0.1, 0.15) is 85.4 Å². The Morgan fingerprint density at radius 2 is 1.38 bits per heavy atom. The zero-order chi connectivity index (χ0) is 17.4. The van der Waals surface area contributed by atoms with Gasteiger partial charge in [-0.3, -0.25) is 14.5 Å². The van der Waals surface area contributed by atoms with Gasteiger partial charge in [-0.25, -0.2) is 4.39 Å². The van der Waals surface area contributed by atoms with Crippen molar-refractivity contribution in [2.75, 3.05) is 6.54 Å². The molecule has 1 atom stereocenters. The van der Waals surface area contributed by atoms with Crippen LogP contribution in [0.15, 0.2) is 24.3 Å². The smallest absolute Gasteiger partial charge is 0.261 e. The van der Waals surface area contributed by atoms with E-state index in [2.05, 4.69) is 6.92 Å². The Hall–Kier alpha value is -1.71. The highest BCUT2D eigenvalue weighted by molar-refractivity contribution is 6.21. The average Bonchev–Trinajstić information content (AvgIpc) is 2.83. The number of carbonyl (C=O) groups excluding carboxylic acids is 2. The van der Waals surface area contributed by atoms with Crippen LogP contribution in [0.3, 0.4) is 0 Å². The molecule has 3 nitrogen and oxygen atoms in total. The SMILES string of the molecule is CCCCCCCCCCC(F)CN1C(=O)c2ccccc2C1=O. The molecule has 0 radical (unpaired) electrons. The predicted octanol–water partition coefficient (Wildman–Crippen LogP) is 5.15. The van der Waals surface area contributed by atoms with E-state index >= 15 is 0 Å². The Morgan fingerprint density at radius 1 is 0.875 bits per heavy atom. The molecule has 1 aliphatic rings. The number of fused-ring (bicyclic) bond motifs is 1. The van der Waals surface area contributed by atoms with Crippen LogP contribution in [-0.2, 0) is 0 Å². The van der Waals surface area contributed by atoms with Gasteiger partial charge < -0.3 is 0 Å². The Labute approximate surface area is 144 Å². The first kappa shape index (κ1) is 18.6. The van der Waals surface area contributed by atoms with E-state index < -0.39 is 6.17 Å². The van der Waals surface area contributed by atoms with E-state index in [4.69, 9.17) is 0 Å². The summed E-state index contributed by atoms with van der Waals surface area (Å²) < 4.78 is 14.2. The predicted molar refractivity (Wildman–Crippen MR) is 93.9 cm³/mol. The molecular formula is C20H28FNO2. The van der Waals surface area contributed by atoms with Crippen LogP contribution in [-0.4, -0.2) is 29.4 Å². The van der Waals surface area contributed by atoms with Crippen LogP contribution in [0.4, 0.5) is 4.39 Å². The second-order valence-electron chi connectivity index (χ2n) is 6.63. The van der Waals surface area contributed by atoms with E-state index in [0.717, 1.165) is 24.2 Å². The zero-order valence-electron chi connectivity index (χ0n) is 14.6. The molecule has 4 heteroatoms. The monoisotopic (exact) mass is 333 g/mol. The Kier molecular flexibility index (Phi) is 7.41. The number of hydrogen-bond donors (Lipinski definition) is 0. The first-order chi connectivity index (χ1) is 11.6. The number of nitrogens with zero attached hydrogens (tertiary/aromatic N) is 1. The summed E-state index contributed by atoms with van der Waals surface area (Å²) in [5.74, 6) is -0.733. The zero-order valence-corrected chi connectivity index (χ0v) is 14.6. The molecule has 1 unspecified atom stereocenters. The number of amides is 2. The fourth-order valence-corrected chi connectivity index (χ4v) is 3.19. The van der Waals surface area contributed by atoms with Gasteiger partial charge >= 0.3 is 0 Å². The van der Waals surface area contributed by atoms with Gasteiger partial charge in [0.05, 0.1) is 17.7 Å². The number of carbonyl (C=O) groups is 2. The second-order valence-corrected chi connectivity index (χ2v) is 6.63. The highest BCUT2D eigenvalue weighted by Gasteiger charge is 2.36. The third-order valence-electron chi connectivity index (χ3n) is 4.63. The van der Waals surface area contributed by atoms with Gasteiger partial charge in [-0.05, 0) is 18.6 Å². The van der Waals surface area contributed by atoms with Crippen molar-refractivity contribution < 1.29 is 14.0 Å². The Bertz CT molecular complexity index is 523. The van der Waals surface area contributed by atoms with E-state index in [9.17, 15) is 14.0 Å². The first-order valence-corrected chi connectivity index (χ1v) is 9.24. The van der Waals surface area contributed by atoms with E-state index in [1.807, 2.05) is 0 Å². The standard InChI is InChI=1S/C20H28FNO2/c1-2-3-4-5-6-7-8-9-12-16(21)15-22-19(23)17-13-10-11-14-18(17)20(22)24/h10-11,13-14,16H,2-9,12,15H2,1H3. The molecule has 2 amide bonds. The molecule has 1 heterocycles. The minimum absolute atomic E-state index is 0.122. The maximum absolute atomic E-state index is 14.2. The van der Waals surface area contributed by atoms with Crippen molar-refractivity contribution in [3.05, 3.63) is 35.4 Å². The maximum atomic E-state index is 14.2. The minimum Gasteiger partial charge on any atom is -0.271 e. The summed E-state index contributed by atoms with van der Waals surface area (Å²) in [5.41, 5.74) is 0.781. The summed E-state index contributed by atoms with van der Waals surface area (Å²) in [4.78, 5) is 25.4. The highest BCUT2D eigenvalue weighted by atomic mass is 19.1. The molecule has 1 aromatic carbocycles. The summed E-state index contributed by atoms with van der Waals surface area (Å²) >= 11 is 0. The Balaban J connectivity index is 1.66. The van der Waals surface area contributed by atoms with E-state index in [1.165, 1.54) is 32.1 Å². The Morgan fingerprint density at radius 3 is 1.92 bits per heavy atom. The molecule has 0 saturated carbocycles. The molecule has 0 bridgehead atoms. The number of imide groups is 1. The summed E-state index contributed by atoms with van der Waals surface area (Å²) in [5, 5.41) is 0. The number of halogens is 1. The van der Waals surface area contributed by atoms with Crippen molar-refractivity contribution in [3.63, 3.8) is 0 Å². The maximum Gasteiger partial charge on any atom is 0.261 e. The van der Waals surface area contributed by atoms with Gasteiger partial charge in [0, 0.05) is 0 Å². The molecular weight excluding hydrogens is 305 g/mol. The van der Waals surface area contributed by atoms with Crippen molar-refractivity contribution in [2.24, 2.45) is 0 Å². The number of hydrogen-bond acceptors (Lipinski definition) is 2. The molecule has 0 fully saturated rings. The van der Waals surface area contributed by atoms with E-state index in [0.29, 0.717) is 17.5 Å². The van der Waals surface area contributed by atoms with Crippen LogP contribution >= 0.6 is 0 Å². The van der Waals surface area contributed by atoms with E-state index in [-0.39, 0.29) is 18.4 Å². The summed E-state index contributed by atoms with van der Waals surface area (Å²) in [6, 6.07) is 6.70. The molecule has 1 aliphatic heterocycles. The van der Waals surface area contributed by atoms with Crippen molar-refractivity contribution in [1.82, 2.24) is 4.90 Å². The third kappa shape index (κ3) is 4.89. The molecule has 24 heavy (non-hydrogen) atoms. The van der Waals surface area contributed by atoms with Gasteiger partial charge in [0.15, 0.2) is 0 Å². The average molecular weight is 333 g/mol. The van der Waals surface area contributed by atoms with Crippen molar-refractivity contribution >= 4 is 11.8 Å². The number of rotatable bonds is 11. The lowest BCUT2D eigenvalue weighted by molar-refractivity contribution is 0.0606.